The number of carbonyl (C=O) groups is 1. The fourth-order valence-corrected chi connectivity index (χ4v) is 4.36. The minimum atomic E-state index is -4.37. The topological polar surface area (TPSA) is 148 Å². The fraction of sp³-hybridized carbons (Fsp3) is 0.312. The van der Waals surface area contributed by atoms with E-state index < -0.39 is 31.8 Å². The predicted octanol–water partition coefficient (Wildman–Crippen LogP) is 0.695. The van der Waals surface area contributed by atoms with Crippen LogP contribution in [0, 0.1) is 6.92 Å². The van der Waals surface area contributed by atoms with E-state index in [0.717, 1.165) is 4.31 Å². The Balaban J connectivity index is 2.26. The lowest BCUT2D eigenvalue weighted by Gasteiger charge is -2.15. The number of urea groups is 1. The number of rotatable bonds is 7. The van der Waals surface area contributed by atoms with Gasteiger partial charge in [0.2, 0.25) is 21.9 Å². The Hall–Kier alpha value is -2.77. The number of nitrogens with zero attached hydrogens (tertiary/aromatic N) is 3. The van der Waals surface area contributed by atoms with Gasteiger partial charge in [0.1, 0.15) is 0 Å². The molecule has 2 aromatic rings. The van der Waals surface area contributed by atoms with Crippen molar-refractivity contribution >= 4 is 32.0 Å². The van der Waals surface area contributed by atoms with E-state index in [0.29, 0.717) is 5.69 Å². The second kappa shape index (κ2) is 8.71. The van der Waals surface area contributed by atoms with Gasteiger partial charge in [-0.15, -0.1) is 0 Å². The van der Waals surface area contributed by atoms with Crippen molar-refractivity contribution in [3.8, 4) is 5.88 Å². The number of aryl methyl sites for hydroxylation is 1. The molecule has 1 heterocycles. The molecule has 0 atom stereocenters. The van der Waals surface area contributed by atoms with E-state index in [1.807, 2.05) is 4.72 Å². The zero-order valence-corrected chi connectivity index (χ0v) is 17.8. The number of nitrogens with one attached hydrogen (secondary N) is 2. The molecule has 0 aliphatic heterocycles. The molecule has 158 valence electrons. The summed E-state index contributed by atoms with van der Waals surface area (Å²) in [6.45, 7) is 1.64. The monoisotopic (exact) mass is 443 g/mol. The Morgan fingerprint density at radius 3 is 2.41 bits per heavy atom. The molecule has 29 heavy (non-hydrogen) atoms. The molecule has 0 fully saturated rings. The number of carbonyl (C=O) groups excluding carboxylic acids is 1. The second-order valence-corrected chi connectivity index (χ2v) is 9.91. The molecule has 0 saturated carbocycles. The summed E-state index contributed by atoms with van der Waals surface area (Å²) in [5.41, 5.74) is 0.518. The van der Waals surface area contributed by atoms with Gasteiger partial charge in [0, 0.05) is 25.9 Å². The van der Waals surface area contributed by atoms with Gasteiger partial charge in [-0.25, -0.2) is 35.6 Å². The Morgan fingerprint density at radius 1 is 1.14 bits per heavy atom. The zero-order chi connectivity index (χ0) is 21.8. The van der Waals surface area contributed by atoms with E-state index in [2.05, 4.69) is 15.3 Å². The lowest BCUT2D eigenvalue weighted by atomic mass is 10.2. The van der Waals surface area contributed by atoms with Gasteiger partial charge < -0.3 is 4.74 Å². The lowest BCUT2D eigenvalue weighted by Crippen LogP contribution is -2.35. The Morgan fingerprint density at radius 2 is 1.79 bits per heavy atom. The largest absolute Gasteiger partial charge is 0.481 e. The minimum Gasteiger partial charge on any atom is -0.481 e. The van der Waals surface area contributed by atoms with Crippen molar-refractivity contribution < 1.29 is 26.4 Å². The maximum atomic E-state index is 12.7. The van der Waals surface area contributed by atoms with Crippen LogP contribution in [0.2, 0.25) is 0 Å². The highest BCUT2D eigenvalue weighted by Gasteiger charge is 2.25. The van der Waals surface area contributed by atoms with Crippen LogP contribution in [0.15, 0.2) is 35.2 Å². The standard InChI is InChI=1S/C16H21N5O6S2/c1-11-9-14(27-4)18-15(17-11)19-16(22)20-29(25,26)13-8-6-5-7-12(13)10-28(23,24)21(2)3/h5-9H,10H2,1-4H3,(H2,17,18,19,20,22). The highest BCUT2D eigenvalue weighted by Crippen LogP contribution is 2.19. The first-order valence-corrected chi connectivity index (χ1v) is 11.3. The number of amides is 2. The molecule has 2 rings (SSSR count). The number of benzene rings is 1. The van der Waals surface area contributed by atoms with E-state index in [9.17, 15) is 21.6 Å². The SMILES string of the molecule is COc1cc(C)nc(NC(=O)NS(=O)(=O)c2ccccc2CS(=O)(=O)N(C)C)n1. The first-order chi connectivity index (χ1) is 13.4. The van der Waals surface area contributed by atoms with Crippen LogP contribution in [0.5, 0.6) is 5.88 Å². The molecule has 0 bridgehead atoms. The Labute approximate surface area is 169 Å². The van der Waals surface area contributed by atoms with Crippen molar-refractivity contribution in [3.05, 3.63) is 41.6 Å². The quantitative estimate of drug-likeness (QED) is 0.635. The van der Waals surface area contributed by atoms with Crippen molar-refractivity contribution in [2.75, 3.05) is 26.5 Å². The molecule has 1 aromatic heterocycles. The van der Waals surface area contributed by atoms with Gasteiger partial charge in [0.05, 0.1) is 17.8 Å². The molecule has 0 spiro atoms. The van der Waals surface area contributed by atoms with E-state index in [-0.39, 0.29) is 22.3 Å². The molecule has 0 aliphatic rings. The maximum Gasteiger partial charge on any atom is 0.335 e. The first kappa shape index (κ1) is 22.5. The van der Waals surface area contributed by atoms with Crippen LogP contribution in [0.25, 0.3) is 0 Å². The predicted molar refractivity (Wildman–Crippen MR) is 105 cm³/mol. The van der Waals surface area contributed by atoms with Crippen molar-refractivity contribution in [3.63, 3.8) is 0 Å². The molecule has 13 heteroatoms. The number of methoxy groups -OCH3 is 1. The lowest BCUT2D eigenvalue weighted by molar-refractivity contribution is 0.256. The summed E-state index contributed by atoms with van der Waals surface area (Å²) in [5.74, 6) is -0.510. The van der Waals surface area contributed by atoms with Crippen LogP contribution in [0.4, 0.5) is 10.7 Å². The summed E-state index contributed by atoms with van der Waals surface area (Å²) in [6.07, 6.45) is 0. The summed E-state index contributed by atoms with van der Waals surface area (Å²) in [6, 6.07) is 5.92. The van der Waals surface area contributed by atoms with Crippen molar-refractivity contribution in [1.82, 2.24) is 19.0 Å². The molecule has 2 amide bonds. The van der Waals surface area contributed by atoms with Gasteiger partial charge in [-0.3, -0.25) is 5.32 Å². The second-order valence-electron chi connectivity index (χ2n) is 6.08. The average molecular weight is 444 g/mol. The van der Waals surface area contributed by atoms with E-state index in [1.54, 1.807) is 6.92 Å². The van der Waals surface area contributed by atoms with Gasteiger partial charge in [-0.05, 0) is 18.6 Å². The number of hydrogen-bond acceptors (Lipinski definition) is 8. The summed E-state index contributed by atoms with van der Waals surface area (Å²) in [7, 11) is -4.02. The van der Waals surface area contributed by atoms with Gasteiger partial charge in [-0.1, -0.05) is 18.2 Å². The number of ether oxygens (including phenoxy) is 1. The highest BCUT2D eigenvalue weighted by molar-refractivity contribution is 7.90. The Kier molecular flexibility index (Phi) is 6.77. The normalized spacial score (nSPS) is 11.9. The van der Waals surface area contributed by atoms with Crippen LogP contribution >= 0.6 is 0 Å². The van der Waals surface area contributed by atoms with E-state index >= 15 is 0 Å². The summed E-state index contributed by atoms with van der Waals surface area (Å²) in [4.78, 5) is 19.7. The molecule has 0 unspecified atom stereocenters. The van der Waals surface area contributed by atoms with E-state index in [4.69, 9.17) is 4.74 Å². The Bertz CT molecular complexity index is 1120. The van der Waals surface area contributed by atoms with Crippen LogP contribution in [0.1, 0.15) is 11.3 Å². The summed E-state index contributed by atoms with van der Waals surface area (Å²) >= 11 is 0. The van der Waals surface area contributed by atoms with Crippen LogP contribution in [0.3, 0.4) is 0 Å². The maximum absolute atomic E-state index is 12.7. The van der Waals surface area contributed by atoms with Crippen LogP contribution in [-0.4, -0.2) is 58.3 Å². The molecule has 0 radical (unpaired) electrons. The number of anilines is 1. The van der Waals surface area contributed by atoms with Crippen molar-refractivity contribution in [2.24, 2.45) is 0 Å². The molecule has 1 aromatic carbocycles. The summed E-state index contributed by atoms with van der Waals surface area (Å²) in [5, 5.41) is 2.21. The third-order valence-electron chi connectivity index (χ3n) is 3.65. The van der Waals surface area contributed by atoms with Crippen molar-refractivity contribution in [2.45, 2.75) is 17.6 Å². The molecular weight excluding hydrogens is 422 g/mol. The number of hydrogen-bond donors (Lipinski definition) is 2. The van der Waals surface area contributed by atoms with Crippen LogP contribution in [-0.2, 0) is 25.8 Å². The van der Waals surface area contributed by atoms with E-state index in [1.165, 1.54) is 51.5 Å². The van der Waals surface area contributed by atoms with Gasteiger partial charge >= 0.3 is 6.03 Å². The third-order valence-corrected chi connectivity index (χ3v) is 6.87. The summed E-state index contributed by atoms with van der Waals surface area (Å²) < 4.78 is 57.4. The van der Waals surface area contributed by atoms with Gasteiger partial charge in [0.15, 0.2) is 0 Å². The smallest absolute Gasteiger partial charge is 0.335 e. The highest BCUT2D eigenvalue weighted by atomic mass is 32.2. The van der Waals surface area contributed by atoms with Gasteiger partial charge in [0.25, 0.3) is 10.0 Å². The molecule has 2 N–H and O–H groups in total. The van der Waals surface area contributed by atoms with Gasteiger partial charge in [-0.2, -0.15) is 4.98 Å². The average Bonchev–Trinajstić information content (AvgIpc) is 2.60. The van der Waals surface area contributed by atoms with Crippen LogP contribution < -0.4 is 14.8 Å². The number of sulfonamides is 2. The molecule has 11 nitrogen and oxygen atoms in total. The van der Waals surface area contributed by atoms with Crippen molar-refractivity contribution in [1.29, 1.82) is 0 Å². The molecule has 0 aliphatic carbocycles. The fourth-order valence-electron chi connectivity index (χ4n) is 2.22. The molecular formula is C16H21N5O6S2. The number of aromatic nitrogens is 2. The molecule has 0 saturated heterocycles. The zero-order valence-electron chi connectivity index (χ0n) is 16.2. The first-order valence-electron chi connectivity index (χ1n) is 8.16. The minimum absolute atomic E-state index is 0.0231. The third kappa shape index (κ3) is 5.85.